The van der Waals surface area contributed by atoms with Crippen LogP contribution in [-0.2, 0) is 0 Å². The Morgan fingerprint density at radius 1 is 1.38 bits per heavy atom. The Morgan fingerprint density at radius 3 is 2.67 bits per heavy atom. The molecule has 0 saturated heterocycles. The Balaban J connectivity index is 2.10. The van der Waals surface area contributed by atoms with Crippen LogP contribution in [0.3, 0.4) is 0 Å². The van der Waals surface area contributed by atoms with Crippen LogP contribution in [0.2, 0.25) is 0 Å². The maximum atomic E-state index is 12.3. The van der Waals surface area contributed by atoms with Crippen molar-refractivity contribution in [3.05, 3.63) is 23.8 Å². The van der Waals surface area contributed by atoms with Crippen molar-refractivity contribution in [3.8, 4) is 5.75 Å². The van der Waals surface area contributed by atoms with Gasteiger partial charge in [0.25, 0.3) is 0 Å². The number of nitrogens with zero attached hydrogens (tertiary/aromatic N) is 1. The number of amides is 2. The van der Waals surface area contributed by atoms with Gasteiger partial charge in [-0.1, -0.05) is 13.0 Å². The van der Waals surface area contributed by atoms with Gasteiger partial charge in [-0.3, -0.25) is 0 Å². The number of hydrogen-bond donors (Lipinski definition) is 3. The van der Waals surface area contributed by atoms with Crippen molar-refractivity contribution in [1.29, 1.82) is 0 Å². The van der Waals surface area contributed by atoms with Gasteiger partial charge in [0, 0.05) is 13.1 Å². The van der Waals surface area contributed by atoms with Crippen LogP contribution >= 0.6 is 0 Å². The molecule has 6 heteroatoms. The first-order chi connectivity index (χ1) is 10.0. The number of carbonyl (C=O) groups is 2. The highest BCUT2D eigenvalue weighted by Gasteiger charge is 2.27. The van der Waals surface area contributed by atoms with Crippen LogP contribution in [0.25, 0.3) is 0 Å². The fourth-order valence-corrected chi connectivity index (χ4v) is 2.17. The Labute approximate surface area is 123 Å². The second kappa shape index (κ2) is 6.47. The predicted molar refractivity (Wildman–Crippen MR) is 78.7 cm³/mol. The summed E-state index contributed by atoms with van der Waals surface area (Å²) in [6, 6.07) is 3.97. The van der Waals surface area contributed by atoms with E-state index in [1.165, 1.54) is 18.2 Å². The third-order valence-corrected chi connectivity index (χ3v) is 3.46. The molecule has 1 aliphatic rings. The number of hydrogen-bond acceptors (Lipinski definition) is 3. The number of carboxylic acid groups (broad SMARTS) is 1. The number of phenols is 1. The molecule has 1 aromatic carbocycles. The van der Waals surface area contributed by atoms with Gasteiger partial charge in [-0.25, -0.2) is 9.59 Å². The molecule has 0 unspecified atom stereocenters. The number of benzene rings is 1. The van der Waals surface area contributed by atoms with Gasteiger partial charge in [0.1, 0.15) is 5.56 Å². The fraction of sp³-hybridized carbons (Fsp3) is 0.467. The lowest BCUT2D eigenvalue weighted by Gasteiger charge is -2.22. The summed E-state index contributed by atoms with van der Waals surface area (Å²) < 4.78 is 0. The number of urea groups is 1. The van der Waals surface area contributed by atoms with Crippen LogP contribution in [-0.4, -0.2) is 40.2 Å². The van der Waals surface area contributed by atoms with Gasteiger partial charge in [0.2, 0.25) is 0 Å². The molecule has 0 aliphatic heterocycles. The van der Waals surface area contributed by atoms with Crippen LogP contribution < -0.4 is 5.32 Å². The van der Waals surface area contributed by atoms with Crippen molar-refractivity contribution >= 4 is 17.7 Å². The zero-order chi connectivity index (χ0) is 15.4. The molecule has 1 aliphatic carbocycles. The third kappa shape index (κ3) is 3.87. The number of aromatic carboxylic acids is 1. The van der Waals surface area contributed by atoms with Crippen LogP contribution in [0.15, 0.2) is 18.2 Å². The molecule has 0 heterocycles. The van der Waals surface area contributed by atoms with E-state index in [-0.39, 0.29) is 17.3 Å². The number of aromatic hydroxyl groups is 1. The van der Waals surface area contributed by atoms with Crippen LogP contribution in [0.1, 0.15) is 36.5 Å². The first kappa shape index (κ1) is 15.2. The zero-order valence-electron chi connectivity index (χ0n) is 12.0. The van der Waals surface area contributed by atoms with E-state index in [1.54, 1.807) is 4.90 Å². The fourth-order valence-electron chi connectivity index (χ4n) is 2.17. The van der Waals surface area contributed by atoms with Gasteiger partial charge < -0.3 is 20.4 Å². The molecule has 6 nitrogen and oxygen atoms in total. The summed E-state index contributed by atoms with van der Waals surface area (Å²) in [4.78, 5) is 24.9. The normalized spacial score (nSPS) is 13.8. The second-order valence-electron chi connectivity index (χ2n) is 5.33. The number of para-hydroxylation sites is 1. The highest BCUT2D eigenvalue weighted by atomic mass is 16.4. The van der Waals surface area contributed by atoms with E-state index < -0.39 is 11.7 Å². The Kier molecular flexibility index (Phi) is 4.67. The summed E-state index contributed by atoms with van der Waals surface area (Å²) in [6.07, 6.45) is 3.14. The van der Waals surface area contributed by atoms with Crippen molar-refractivity contribution < 1.29 is 19.8 Å². The third-order valence-electron chi connectivity index (χ3n) is 3.46. The molecular weight excluding hydrogens is 272 g/mol. The molecule has 0 aromatic heterocycles. The van der Waals surface area contributed by atoms with Crippen LogP contribution in [0.5, 0.6) is 5.75 Å². The average molecular weight is 292 g/mol. The number of carboxylic acids is 1. The van der Waals surface area contributed by atoms with Gasteiger partial charge in [-0.05, 0) is 37.3 Å². The molecule has 21 heavy (non-hydrogen) atoms. The SMILES string of the molecule is CCCN(CC1CC1)C(=O)Nc1cccc(C(=O)O)c1O. The molecule has 2 amide bonds. The van der Waals surface area contributed by atoms with E-state index >= 15 is 0 Å². The molecule has 0 radical (unpaired) electrons. The number of anilines is 1. The summed E-state index contributed by atoms with van der Waals surface area (Å²) in [5.74, 6) is -1.07. The summed E-state index contributed by atoms with van der Waals surface area (Å²) in [5.41, 5.74) is -0.103. The molecule has 3 N–H and O–H groups in total. The second-order valence-corrected chi connectivity index (χ2v) is 5.33. The van der Waals surface area contributed by atoms with Gasteiger partial charge in [0.15, 0.2) is 5.75 Å². The van der Waals surface area contributed by atoms with Gasteiger partial charge in [-0.2, -0.15) is 0 Å². The highest BCUT2D eigenvalue weighted by molar-refractivity contribution is 5.97. The lowest BCUT2D eigenvalue weighted by atomic mass is 10.1. The Bertz CT molecular complexity index is 540. The Morgan fingerprint density at radius 2 is 2.10 bits per heavy atom. The molecule has 0 atom stereocenters. The zero-order valence-corrected chi connectivity index (χ0v) is 12.0. The van der Waals surface area contributed by atoms with Crippen LogP contribution in [0.4, 0.5) is 10.5 Å². The standard InChI is InChI=1S/C15H20N2O4/c1-2-8-17(9-10-6-7-10)15(21)16-12-5-3-4-11(13(12)18)14(19)20/h3-5,10,18H,2,6-9H2,1H3,(H,16,21)(H,19,20). The van der Waals surface area contributed by atoms with Crippen molar-refractivity contribution in [2.24, 2.45) is 5.92 Å². The van der Waals surface area contributed by atoms with E-state index in [0.29, 0.717) is 19.0 Å². The largest absolute Gasteiger partial charge is 0.505 e. The molecule has 114 valence electrons. The average Bonchev–Trinajstić information content (AvgIpc) is 3.24. The van der Waals surface area contributed by atoms with Crippen molar-refractivity contribution in [3.63, 3.8) is 0 Å². The molecule has 1 saturated carbocycles. The molecule has 0 spiro atoms. The van der Waals surface area contributed by atoms with Crippen molar-refractivity contribution in [1.82, 2.24) is 4.90 Å². The molecular formula is C15H20N2O4. The Hall–Kier alpha value is -2.24. The number of carbonyl (C=O) groups excluding carboxylic acids is 1. The monoisotopic (exact) mass is 292 g/mol. The van der Waals surface area contributed by atoms with Crippen LogP contribution in [0, 0.1) is 5.92 Å². The lowest BCUT2D eigenvalue weighted by molar-refractivity contribution is 0.0693. The minimum atomic E-state index is -1.23. The topological polar surface area (TPSA) is 89.9 Å². The van der Waals surface area contributed by atoms with E-state index in [4.69, 9.17) is 5.11 Å². The van der Waals surface area contributed by atoms with E-state index in [1.807, 2.05) is 6.92 Å². The first-order valence-corrected chi connectivity index (χ1v) is 7.14. The lowest BCUT2D eigenvalue weighted by Crippen LogP contribution is -2.37. The van der Waals surface area contributed by atoms with Crippen molar-refractivity contribution in [2.45, 2.75) is 26.2 Å². The van der Waals surface area contributed by atoms with E-state index in [9.17, 15) is 14.7 Å². The molecule has 1 fully saturated rings. The van der Waals surface area contributed by atoms with E-state index in [2.05, 4.69) is 5.32 Å². The van der Waals surface area contributed by atoms with Gasteiger partial charge in [0.05, 0.1) is 5.69 Å². The molecule has 1 aromatic rings. The summed E-state index contributed by atoms with van der Waals surface area (Å²) >= 11 is 0. The highest BCUT2D eigenvalue weighted by Crippen LogP contribution is 2.31. The number of nitrogens with one attached hydrogen (secondary N) is 1. The maximum absolute atomic E-state index is 12.3. The maximum Gasteiger partial charge on any atom is 0.339 e. The molecule has 0 bridgehead atoms. The quantitative estimate of drug-likeness (QED) is 0.703. The smallest absolute Gasteiger partial charge is 0.339 e. The number of rotatable bonds is 6. The van der Waals surface area contributed by atoms with E-state index in [0.717, 1.165) is 19.3 Å². The summed E-state index contributed by atoms with van der Waals surface area (Å²) in [5, 5.41) is 21.5. The summed E-state index contributed by atoms with van der Waals surface area (Å²) in [7, 11) is 0. The summed E-state index contributed by atoms with van der Waals surface area (Å²) in [6.45, 7) is 3.34. The predicted octanol–water partition coefficient (Wildman–Crippen LogP) is 2.74. The minimum absolute atomic E-state index is 0.122. The first-order valence-electron chi connectivity index (χ1n) is 7.14. The molecule has 2 rings (SSSR count). The van der Waals surface area contributed by atoms with Gasteiger partial charge in [-0.15, -0.1) is 0 Å². The van der Waals surface area contributed by atoms with Crippen molar-refractivity contribution in [2.75, 3.05) is 18.4 Å². The minimum Gasteiger partial charge on any atom is -0.505 e. The van der Waals surface area contributed by atoms with Gasteiger partial charge >= 0.3 is 12.0 Å².